The molecule has 2 bridgehead atoms. The zero-order chi connectivity index (χ0) is 23.1. The van der Waals surface area contributed by atoms with Gasteiger partial charge in [0.25, 0.3) is 5.91 Å². The molecular formula is C24H31N3O4S. The van der Waals surface area contributed by atoms with Crippen molar-refractivity contribution in [2.45, 2.75) is 70.7 Å². The Balaban J connectivity index is 1.34. The van der Waals surface area contributed by atoms with Gasteiger partial charge in [0.1, 0.15) is 10.8 Å². The van der Waals surface area contributed by atoms with E-state index in [-0.39, 0.29) is 29.4 Å². The molecule has 0 unspecified atom stereocenters. The van der Waals surface area contributed by atoms with Gasteiger partial charge < -0.3 is 14.6 Å². The fourth-order valence-corrected chi connectivity index (χ4v) is 6.51. The standard InChI is InChI=1S/C24H31N3O4S/c1-14-18(15(2)31-27-14)13-32-21-17(7-6-10-25-21)22(29)30-12-20(28)26-19-11-16-8-9-24(19,5)23(16,3)4/h6-7,10,16,19H,8-9,11-13H2,1-5H3,(H,26,28)/t16-,19-,24-/m1/s1. The minimum Gasteiger partial charge on any atom is -0.452 e. The number of nitrogens with zero attached hydrogens (tertiary/aromatic N) is 2. The third kappa shape index (κ3) is 3.93. The molecule has 2 saturated carbocycles. The Kier molecular flexibility index (Phi) is 6.09. The van der Waals surface area contributed by atoms with Crippen LogP contribution in [0.15, 0.2) is 27.9 Å². The van der Waals surface area contributed by atoms with Crippen LogP contribution in [0.4, 0.5) is 0 Å². The van der Waals surface area contributed by atoms with Gasteiger partial charge in [-0.05, 0) is 62.0 Å². The molecule has 2 aromatic heterocycles. The fraction of sp³-hybridized carbons (Fsp3) is 0.583. The average Bonchev–Trinajstić information content (AvgIpc) is 3.27. The van der Waals surface area contributed by atoms with Gasteiger partial charge in [0.2, 0.25) is 0 Å². The summed E-state index contributed by atoms with van der Waals surface area (Å²) in [5.74, 6) is 1.17. The molecule has 1 amide bonds. The topological polar surface area (TPSA) is 94.3 Å². The van der Waals surface area contributed by atoms with Crippen molar-refractivity contribution in [3.63, 3.8) is 0 Å². The molecule has 1 N–H and O–H groups in total. The number of hydrogen-bond acceptors (Lipinski definition) is 7. The molecule has 0 spiro atoms. The number of amides is 1. The van der Waals surface area contributed by atoms with Crippen molar-refractivity contribution in [1.29, 1.82) is 0 Å². The van der Waals surface area contributed by atoms with Crippen molar-refractivity contribution in [3.8, 4) is 0 Å². The fourth-order valence-electron chi connectivity index (χ4n) is 5.38. The highest BCUT2D eigenvalue weighted by molar-refractivity contribution is 7.98. The van der Waals surface area contributed by atoms with Gasteiger partial charge in [0, 0.05) is 23.6 Å². The molecule has 0 radical (unpaired) electrons. The van der Waals surface area contributed by atoms with Crippen LogP contribution in [0.2, 0.25) is 0 Å². The number of rotatable bonds is 7. The Morgan fingerprint density at radius 1 is 1.31 bits per heavy atom. The first-order valence-electron chi connectivity index (χ1n) is 11.1. The van der Waals surface area contributed by atoms with E-state index in [1.54, 1.807) is 18.3 Å². The van der Waals surface area contributed by atoms with E-state index in [1.165, 1.54) is 18.2 Å². The quantitative estimate of drug-likeness (QED) is 0.484. The Morgan fingerprint density at radius 3 is 2.72 bits per heavy atom. The number of carbonyl (C=O) groups excluding carboxylic acids is 2. The van der Waals surface area contributed by atoms with E-state index in [0.717, 1.165) is 29.9 Å². The summed E-state index contributed by atoms with van der Waals surface area (Å²) in [6, 6.07) is 3.49. The molecule has 0 aliphatic heterocycles. The van der Waals surface area contributed by atoms with Crippen LogP contribution >= 0.6 is 11.8 Å². The molecular weight excluding hydrogens is 426 g/mol. The van der Waals surface area contributed by atoms with E-state index < -0.39 is 5.97 Å². The van der Waals surface area contributed by atoms with Crippen molar-refractivity contribution < 1.29 is 18.8 Å². The number of thioether (sulfide) groups is 1. The number of pyridine rings is 1. The molecule has 0 aromatic carbocycles. The van der Waals surface area contributed by atoms with Crippen LogP contribution in [0.5, 0.6) is 0 Å². The van der Waals surface area contributed by atoms with Crippen LogP contribution in [0, 0.1) is 30.6 Å². The highest BCUT2D eigenvalue weighted by atomic mass is 32.2. The summed E-state index contributed by atoms with van der Waals surface area (Å²) in [6.07, 6.45) is 4.97. The number of aryl methyl sites for hydroxylation is 2. The van der Waals surface area contributed by atoms with Gasteiger partial charge in [-0.2, -0.15) is 0 Å². The molecule has 3 atom stereocenters. The van der Waals surface area contributed by atoms with Crippen LogP contribution in [-0.2, 0) is 15.3 Å². The molecule has 2 aliphatic rings. The summed E-state index contributed by atoms with van der Waals surface area (Å²) < 4.78 is 10.6. The van der Waals surface area contributed by atoms with Crippen LogP contribution in [0.1, 0.15) is 67.4 Å². The van der Waals surface area contributed by atoms with Crippen LogP contribution in [0.3, 0.4) is 0 Å². The first kappa shape index (κ1) is 22.8. The lowest BCUT2D eigenvalue weighted by molar-refractivity contribution is -0.126. The molecule has 32 heavy (non-hydrogen) atoms. The Hall–Kier alpha value is -2.35. The SMILES string of the molecule is Cc1noc(C)c1CSc1ncccc1C(=O)OCC(=O)N[C@@H]1C[C@H]2CC[C@@]1(C)C2(C)C. The van der Waals surface area contributed by atoms with Crippen molar-refractivity contribution in [3.05, 3.63) is 40.9 Å². The summed E-state index contributed by atoms with van der Waals surface area (Å²) in [5.41, 5.74) is 2.46. The second-order valence-corrected chi connectivity index (χ2v) is 10.7. The zero-order valence-electron chi connectivity index (χ0n) is 19.4. The lowest BCUT2D eigenvalue weighted by Crippen LogP contribution is -2.48. The summed E-state index contributed by atoms with van der Waals surface area (Å²) in [5, 5.41) is 7.65. The van der Waals surface area contributed by atoms with E-state index in [1.807, 2.05) is 13.8 Å². The first-order valence-corrected chi connectivity index (χ1v) is 12.1. The molecule has 0 saturated heterocycles. The van der Waals surface area contributed by atoms with E-state index in [2.05, 4.69) is 36.2 Å². The van der Waals surface area contributed by atoms with Gasteiger partial charge in [0.05, 0.1) is 11.3 Å². The largest absolute Gasteiger partial charge is 0.452 e. The summed E-state index contributed by atoms with van der Waals surface area (Å²) in [7, 11) is 0. The van der Waals surface area contributed by atoms with Gasteiger partial charge in [-0.15, -0.1) is 11.8 Å². The summed E-state index contributed by atoms with van der Waals surface area (Å²) in [4.78, 5) is 29.6. The van der Waals surface area contributed by atoms with Crippen molar-refractivity contribution in [1.82, 2.24) is 15.5 Å². The number of nitrogens with one attached hydrogen (secondary N) is 1. The highest BCUT2D eigenvalue weighted by Crippen LogP contribution is 2.65. The third-order valence-corrected chi connectivity index (χ3v) is 9.02. The zero-order valence-corrected chi connectivity index (χ0v) is 20.2. The van der Waals surface area contributed by atoms with Gasteiger partial charge in [0.15, 0.2) is 6.61 Å². The van der Waals surface area contributed by atoms with Crippen molar-refractivity contribution in [2.24, 2.45) is 16.7 Å². The van der Waals surface area contributed by atoms with Gasteiger partial charge >= 0.3 is 5.97 Å². The molecule has 2 heterocycles. The first-order chi connectivity index (χ1) is 15.1. The van der Waals surface area contributed by atoms with Crippen molar-refractivity contribution in [2.75, 3.05) is 6.61 Å². The van der Waals surface area contributed by atoms with Gasteiger partial charge in [-0.1, -0.05) is 25.9 Å². The second-order valence-electron chi connectivity index (χ2n) is 9.75. The number of fused-ring (bicyclic) bond motifs is 2. The number of ether oxygens (including phenoxy) is 1. The lowest BCUT2D eigenvalue weighted by atomic mass is 9.69. The van der Waals surface area contributed by atoms with Gasteiger partial charge in [-0.25, -0.2) is 9.78 Å². The van der Waals surface area contributed by atoms with E-state index in [0.29, 0.717) is 22.3 Å². The smallest absolute Gasteiger partial charge is 0.341 e. The maximum Gasteiger partial charge on any atom is 0.341 e. The molecule has 8 heteroatoms. The van der Waals surface area contributed by atoms with Crippen molar-refractivity contribution >= 4 is 23.6 Å². The van der Waals surface area contributed by atoms with Gasteiger partial charge in [-0.3, -0.25) is 4.79 Å². The highest BCUT2D eigenvalue weighted by Gasteiger charge is 2.61. The summed E-state index contributed by atoms with van der Waals surface area (Å²) in [6.45, 7) is 10.3. The van der Waals surface area contributed by atoms with Crippen LogP contribution < -0.4 is 5.32 Å². The molecule has 7 nitrogen and oxygen atoms in total. The number of hydrogen-bond donors (Lipinski definition) is 1. The normalized spacial score (nSPS) is 25.7. The minimum absolute atomic E-state index is 0.0860. The predicted octanol–water partition coefficient (Wildman–Crippen LogP) is 4.47. The Bertz CT molecular complexity index is 1010. The Morgan fingerprint density at radius 2 is 2.09 bits per heavy atom. The third-order valence-electron chi connectivity index (χ3n) is 7.99. The number of carbonyl (C=O) groups is 2. The molecule has 2 aliphatic carbocycles. The maximum atomic E-state index is 12.7. The number of esters is 1. The van der Waals surface area contributed by atoms with E-state index in [9.17, 15) is 9.59 Å². The molecule has 172 valence electrons. The minimum atomic E-state index is -0.547. The van der Waals surface area contributed by atoms with E-state index >= 15 is 0 Å². The second kappa shape index (κ2) is 8.54. The maximum absolute atomic E-state index is 12.7. The number of aromatic nitrogens is 2. The lowest BCUT2D eigenvalue weighted by Gasteiger charge is -2.39. The predicted molar refractivity (Wildman–Crippen MR) is 121 cm³/mol. The van der Waals surface area contributed by atoms with E-state index in [4.69, 9.17) is 9.26 Å². The molecule has 2 fully saturated rings. The van der Waals surface area contributed by atoms with Crippen LogP contribution in [0.25, 0.3) is 0 Å². The average molecular weight is 458 g/mol. The molecule has 4 rings (SSSR count). The summed E-state index contributed by atoms with van der Waals surface area (Å²) >= 11 is 1.42. The Labute approximate surface area is 193 Å². The van der Waals surface area contributed by atoms with Crippen LogP contribution in [-0.4, -0.2) is 34.7 Å². The monoisotopic (exact) mass is 457 g/mol. The molecule has 2 aromatic rings.